The number of rotatable bonds is 9. The molecule has 1 fully saturated rings. The van der Waals surface area contributed by atoms with Crippen LogP contribution in [0.2, 0.25) is 0 Å². The maximum absolute atomic E-state index is 13.3. The predicted molar refractivity (Wildman–Crippen MR) is 133 cm³/mol. The van der Waals surface area contributed by atoms with Gasteiger partial charge in [0.1, 0.15) is 12.6 Å². The van der Waals surface area contributed by atoms with Crippen LogP contribution in [0.5, 0.6) is 0 Å². The number of benzene rings is 2. The van der Waals surface area contributed by atoms with Gasteiger partial charge in [0.2, 0.25) is 5.91 Å². The van der Waals surface area contributed by atoms with Gasteiger partial charge < -0.3 is 20.1 Å². The summed E-state index contributed by atoms with van der Waals surface area (Å²) in [6.45, 7) is 4.83. The molecule has 0 spiro atoms. The van der Waals surface area contributed by atoms with Gasteiger partial charge in [0, 0.05) is 18.5 Å². The number of aliphatic carboxylic acids is 1. The zero-order valence-corrected chi connectivity index (χ0v) is 20.4. The van der Waals surface area contributed by atoms with Crippen LogP contribution in [0.4, 0.5) is 4.79 Å². The smallest absolute Gasteiger partial charge is 0.407 e. The van der Waals surface area contributed by atoms with Crippen LogP contribution in [0.3, 0.4) is 0 Å². The van der Waals surface area contributed by atoms with E-state index in [0.29, 0.717) is 25.3 Å². The summed E-state index contributed by atoms with van der Waals surface area (Å²) in [5.41, 5.74) is 4.56. The summed E-state index contributed by atoms with van der Waals surface area (Å²) in [6, 6.07) is 15.2. The Morgan fingerprint density at radius 3 is 2.26 bits per heavy atom. The summed E-state index contributed by atoms with van der Waals surface area (Å²) < 4.78 is 5.67. The first-order valence-corrected chi connectivity index (χ1v) is 12.5. The highest BCUT2D eigenvalue weighted by atomic mass is 16.5. The molecule has 2 aromatic rings. The van der Waals surface area contributed by atoms with Crippen LogP contribution in [0, 0.1) is 5.92 Å². The molecule has 2 atom stereocenters. The van der Waals surface area contributed by atoms with Gasteiger partial charge in [-0.1, -0.05) is 62.4 Å². The van der Waals surface area contributed by atoms with Crippen molar-refractivity contribution >= 4 is 18.0 Å². The van der Waals surface area contributed by atoms with Crippen molar-refractivity contribution in [2.45, 2.75) is 64.0 Å². The molecule has 1 heterocycles. The summed E-state index contributed by atoms with van der Waals surface area (Å²) >= 11 is 0. The highest BCUT2D eigenvalue weighted by Crippen LogP contribution is 2.44. The number of amides is 2. The lowest BCUT2D eigenvalue weighted by atomic mass is 9.98. The molecular weight excluding hydrogens is 444 g/mol. The summed E-state index contributed by atoms with van der Waals surface area (Å²) in [6.07, 6.45) is 1.98. The van der Waals surface area contributed by atoms with E-state index in [1.54, 1.807) is 4.90 Å². The Kier molecular flexibility index (Phi) is 7.73. The van der Waals surface area contributed by atoms with E-state index in [1.807, 2.05) is 24.3 Å². The van der Waals surface area contributed by atoms with E-state index in [9.17, 15) is 19.5 Å². The molecule has 1 unspecified atom stereocenters. The van der Waals surface area contributed by atoms with Crippen molar-refractivity contribution in [2.24, 2.45) is 5.92 Å². The van der Waals surface area contributed by atoms with Crippen LogP contribution in [0.1, 0.15) is 63.0 Å². The topological polar surface area (TPSA) is 95.9 Å². The van der Waals surface area contributed by atoms with E-state index >= 15 is 0 Å². The SMILES string of the molecule is CC(C)CCC(NC(=O)OCC1c2ccccc2-c2ccccc21)C(=O)N1CCC[C@@H]1CC(=O)O. The monoisotopic (exact) mass is 478 g/mol. The highest BCUT2D eigenvalue weighted by Gasteiger charge is 2.35. The number of alkyl carbamates (subject to hydrolysis) is 1. The highest BCUT2D eigenvalue weighted by molar-refractivity contribution is 5.86. The van der Waals surface area contributed by atoms with Crippen molar-refractivity contribution in [1.29, 1.82) is 0 Å². The van der Waals surface area contributed by atoms with Crippen molar-refractivity contribution in [3.63, 3.8) is 0 Å². The van der Waals surface area contributed by atoms with Crippen LogP contribution in [-0.2, 0) is 14.3 Å². The van der Waals surface area contributed by atoms with Gasteiger partial charge in [-0.05, 0) is 53.9 Å². The first kappa shape index (κ1) is 24.8. The van der Waals surface area contributed by atoms with Gasteiger partial charge in [0.25, 0.3) is 0 Å². The third-order valence-corrected chi connectivity index (χ3v) is 7.04. The average Bonchev–Trinajstić information content (AvgIpc) is 3.42. The number of fused-ring (bicyclic) bond motifs is 3. The van der Waals surface area contributed by atoms with E-state index in [2.05, 4.69) is 43.4 Å². The fourth-order valence-electron chi connectivity index (χ4n) is 5.28. The van der Waals surface area contributed by atoms with Crippen LogP contribution in [0.25, 0.3) is 11.1 Å². The van der Waals surface area contributed by atoms with Gasteiger partial charge in [0.05, 0.1) is 6.42 Å². The lowest BCUT2D eigenvalue weighted by Gasteiger charge is -2.29. The first-order valence-electron chi connectivity index (χ1n) is 12.5. The molecule has 1 aliphatic heterocycles. The summed E-state index contributed by atoms with van der Waals surface area (Å²) in [7, 11) is 0. The maximum atomic E-state index is 13.3. The normalized spacial score (nSPS) is 17.7. The number of carboxylic acid groups (broad SMARTS) is 1. The second-order valence-corrected chi connectivity index (χ2v) is 9.92. The second-order valence-electron chi connectivity index (χ2n) is 9.92. The van der Waals surface area contributed by atoms with Gasteiger partial charge >= 0.3 is 12.1 Å². The van der Waals surface area contributed by atoms with Crippen LogP contribution in [0.15, 0.2) is 48.5 Å². The number of ether oxygens (including phenoxy) is 1. The Balaban J connectivity index is 1.43. The molecule has 1 aliphatic carbocycles. The number of nitrogens with one attached hydrogen (secondary N) is 1. The fourth-order valence-corrected chi connectivity index (χ4v) is 5.28. The van der Waals surface area contributed by atoms with E-state index in [-0.39, 0.29) is 30.9 Å². The minimum absolute atomic E-state index is 0.0588. The van der Waals surface area contributed by atoms with E-state index in [1.165, 1.54) is 0 Å². The minimum Gasteiger partial charge on any atom is -0.481 e. The van der Waals surface area contributed by atoms with Gasteiger partial charge in [0.15, 0.2) is 0 Å². The Labute approximate surface area is 206 Å². The number of carbonyl (C=O) groups excluding carboxylic acids is 2. The first-order chi connectivity index (χ1) is 16.8. The molecule has 4 rings (SSSR count). The quantitative estimate of drug-likeness (QED) is 0.540. The Bertz CT molecular complexity index is 1040. The molecule has 2 aromatic carbocycles. The van der Waals surface area contributed by atoms with E-state index in [0.717, 1.165) is 35.1 Å². The van der Waals surface area contributed by atoms with E-state index in [4.69, 9.17) is 4.74 Å². The van der Waals surface area contributed by atoms with Gasteiger partial charge in [-0.15, -0.1) is 0 Å². The van der Waals surface area contributed by atoms with Crippen LogP contribution >= 0.6 is 0 Å². The summed E-state index contributed by atoms with van der Waals surface area (Å²) in [5.74, 6) is -0.833. The Hall–Kier alpha value is -3.35. The lowest BCUT2D eigenvalue weighted by molar-refractivity contribution is -0.140. The number of nitrogens with zero attached hydrogens (tertiary/aromatic N) is 1. The summed E-state index contributed by atoms with van der Waals surface area (Å²) in [5, 5.41) is 12.0. The maximum Gasteiger partial charge on any atom is 0.407 e. The minimum atomic E-state index is -0.919. The van der Waals surface area contributed by atoms with Gasteiger partial charge in [-0.3, -0.25) is 9.59 Å². The number of carbonyl (C=O) groups is 3. The molecule has 0 bridgehead atoms. The summed E-state index contributed by atoms with van der Waals surface area (Å²) in [4.78, 5) is 39.1. The molecule has 7 nitrogen and oxygen atoms in total. The van der Waals surface area contributed by atoms with Gasteiger partial charge in [-0.2, -0.15) is 0 Å². The number of hydrogen-bond donors (Lipinski definition) is 2. The van der Waals surface area contributed by atoms with Crippen LogP contribution < -0.4 is 5.32 Å². The largest absolute Gasteiger partial charge is 0.481 e. The molecule has 0 radical (unpaired) electrons. The third kappa shape index (κ3) is 5.66. The number of likely N-dealkylation sites (tertiary alicyclic amines) is 1. The molecule has 186 valence electrons. The Morgan fingerprint density at radius 1 is 1.03 bits per heavy atom. The zero-order valence-electron chi connectivity index (χ0n) is 20.4. The number of carboxylic acids is 1. The second kappa shape index (κ2) is 10.9. The number of hydrogen-bond acceptors (Lipinski definition) is 4. The van der Waals surface area contributed by atoms with E-state index < -0.39 is 18.1 Å². The zero-order chi connectivity index (χ0) is 24.9. The lowest BCUT2D eigenvalue weighted by Crippen LogP contribution is -2.50. The van der Waals surface area contributed by atoms with Crippen molar-refractivity contribution < 1.29 is 24.2 Å². The van der Waals surface area contributed by atoms with Crippen molar-refractivity contribution in [3.8, 4) is 11.1 Å². The molecular formula is C28H34N2O5. The van der Waals surface area contributed by atoms with Crippen molar-refractivity contribution in [3.05, 3.63) is 59.7 Å². The van der Waals surface area contributed by atoms with Crippen molar-refractivity contribution in [2.75, 3.05) is 13.2 Å². The molecule has 7 heteroatoms. The third-order valence-electron chi connectivity index (χ3n) is 7.04. The standard InChI is InChI=1S/C28H34N2O5/c1-18(2)13-14-25(27(33)30-15-7-8-19(30)16-26(31)32)29-28(34)35-17-24-22-11-5-3-9-20(22)21-10-4-6-12-23(21)24/h3-6,9-12,18-19,24-25H,7-8,13-17H2,1-2H3,(H,29,34)(H,31,32)/t19-,25?/m1/s1. The molecule has 0 aromatic heterocycles. The molecule has 35 heavy (non-hydrogen) atoms. The molecule has 0 saturated carbocycles. The molecule has 2 aliphatic rings. The van der Waals surface area contributed by atoms with Crippen LogP contribution in [-0.4, -0.2) is 53.2 Å². The molecule has 2 N–H and O–H groups in total. The van der Waals surface area contributed by atoms with Gasteiger partial charge in [-0.25, -0.2) is 4.79 Å². The average molecular weight is 479 g/mol. The Morgan fingerprint density at radius 2 is 1.66 bits per heavy atom. The molecule has 1 saturated heterocycles. The predicted octanol–water partition coefficient (Wildman–Crippen LogP) is 4.80. The fraction of sp³-hybridized carbons (Fsp3) is 0.464. The molecule has 2 amide bonds. The van der Waals surface area contributed by atoms with Crippen molar-refractivity contribution in [1.82, 2.24) is 10.2 Å².